The minimum absolute atomic E-state index is 0.271. The summed E-state index contributed by atoms with van der Waals surface area (Å²) in [5, 5.41) is 10.8. The van der Waals surface area contributed by atoms with Gasteiger partial charge >= 0.3 is 5.97 Å². The quantitative estimate of drug-likeness (QED) is 0.902. The van der Waals surface area contributed by atoms with Gasteiger partial charge in [-0.2, -0.15) is 11.8 Å². The van der Waals surface area contributed by atoms with Gasteiger partial charge in [-0.15, -0.1) is 11.8 Å². The molecule has 2 heterocycles. The van der Waals surface area contributed by atoms with Crippen LogP contribution in [-0.2, 0) is 17.6 Å². The highest BCUT2D eigenvalue weighted by molar-refractivity contribution is 8.07. The van der Waals surface area contributed by atoms with Gasteiger partial charge in [0.15, 0.2) is 0 Å². The van der Waals surface area contributed by atoms with E-state index in [1.165, 1.54) is 0 Å². The van der Waals surface area contributed by atoms with Crippen molar-refractivity contribution in [2.75, 3.05) is 5.75 Å². The zero-order valence-corrected chi connectivity index (χ0v) is 13.9. The van der Waals surface area contributed by atoms with Crippen LogP contribution < -0.4 is 0 Å². The standard InChI is InChI=1S/C15H20N2O2S2/c1-8-9(2)21-13(7-20-8)14-16-6-11-5-10(15(18)19)3-4-12(11)17-14/h6,8-10,13H,3-5,7H2,1-2H3,(H,18,19). The Morgan fingerprint density at radius 2 is 2.19 bits per heavy atom. The lowest BCUT2D eigenvalue weighted by atomic mass is 9.87. The van der Waals surface area contributed by atoms with Crippen molar-refractivity contribution >= 4 is 29.5 Å². The molecular formula is C15H20N2O2S2. The average Bonchev–Trinajstić information content (AvgIpc) is 2.49. The molecule has 6 heteroatoms. The Bertz CT molecular complexity index is 552. The molecule has 0 aromatic carbocycles. The molecule has 2 aliphatic rings. The van der Waals surface area contributed by atoms with Crippen LogP contribution in [0.1, 0.15) is 42.6 Å². The van der Waals surface area contributed by atoms with Crippen molar-refractivity contribution in [1.82, 2.24) is 9.97 Å². The summed E-state index contributed by atoms with van der Waals surface area (Å²) >= 11 is 3.96. The van der Waals surface area contributed by atoms with E-state index in [2.05, 4.69) is 18.8 Å². The van der Waals surface area contributed by atoms with Crippen molar-refractivity contribution in [3.05, 3.63) is 23.3 Å². The first kappa shape index (κ1) is 15.2. The largest absolute Gasteiger partial charge is 0.481 e. The van der Waals surface area contributed by atoms with Crippen molar-refractivity contribution in [2.24, 2.45) is 5.92 Å². The van der Waals surface area contributed by atoms with Crippen molar-refractivity contribution in [3.8, 4) is 0 Å². The number of aliphatic carboxylic acids is 1. The second kappa shape index (κ2) is 6.16. The summed E-state index contributed by atoms with van der Waals surface area (Å²) < 4.78 is 0. The lowest BCUT2D eigenvalue weighted by Crippen LogP contribution is -2.25. The molecule has 1 saturated heterocycles. The van der Waals surface area contributed by atoms with Gasteiger partial charge in [0.05, 0.1) is 11.2 Å². The number of hydrogen-bond acceptors (Lipinski definition) is 5. The van der Waals surface area contributed by atoms with E-state index in [0.717, 1.165) is 29.3 Å². The number of fused-ring (bicyclic) bond motifs is 1. The van der Waals surface area contributed by atoms with Gasteiger partial charge in [0.1, 0.15) is 5.82 Å². The van der Waals surface area contributed by atoms with Crippen molar-refractivity contribution < 1.29 is 9.90 Å². The van der Waals surface area contributed by atoms with Crippen LogP contribution in [-0.4, -0.2) is 37.3 Å². The monoisotopic (exact) mass is 324 g/mol. The Balaban J connectivity index is 1.76. The van der Waals surface area contributed by atoms with E-state index >= 15 is 0 Å². The fourth-order valence-electron chi connectivity index (χ4n) is 2.81. The number of rotatable bonds is 2. The van der Waals surface area contributed by atoms with Gasteiger partial charge in [-0.3, -0.25) is 4.79 Å². The number of aryl methyl sites for hydroxylation is 1. The maximum absolute atomic E-state index is 11.1. The summed E-state index contributed by atoms with van der Waals surface area (Å²) in [6.45, 7) is 4.54. The van der Waals surface area contributed by atoms with Gasteiger partial charge in [-0.25, -0.2) is 9.97 Å². The zero-order valence-electron chi connectivity index (χ0n) is 12.3. The molecule has 1 aromatic rings. The first-order chi connectivity index (χ1) is 10.0. The Morgan fingerprint density at radius 3 is 2.90 bits per heavy atom. The summed E-state index contributed by atoms with van der Waals surface area (Å²) in [6.07, 6.45) is 3.89. The van der Waals surface area contributed by atoms with Crippen molar-refractivity contribution in [3.63, 3.8) is 0 Å². The molecule has 114 valence electrons. The molecule has 0 saturated carbocycles. The molecule has 1 aliphatic carbocycles. The molecule has 4 nitrogen and oxygen atoms in total. The van der Waals surface area contributed by atoms with E-state index in [1.54, 1.807) is 0 Å². The highest BCUT2D eigenvalue weighted by Crippen LogP contribution is 2.43. The van der Waals surface area contributed by atoms with Crippen LogP contribution in [0.4, 0.5) is 0 Å². The topological polar surface area (TPSA) is 63.1 Å². The van der Waals surface area contributed by atoms with Gasteiger partial charge < -0.3 is 5.11 Å². The van der Waals surface area contributed by atoms with Gasteiger partial charge in [0.2, 0.25) is 0 Å². The number of carboxylic acid groups (broad SMARTS) is 1. The highest BCUT2D eigenvalue weighted by Gasteiger charge is 2.30. The van der Waals surface area contributed by atoms with Crippen LogP contribution in [0, 0.1) is 5.92 Å². The number of nitrogens with zero attached hydrogens (tertiary/aromatic N) is 2. The van der Waals surface area contributed by atoms with Gasteiger partial charge in [0, 0.05) is 28.1 Å². The van der Waals surface area contributed by atoms with E-state index in [4.69, 9.17) is 10.1 Å². The van der Waals surface area contributed by atoms with Crippen LogP contribution in [0.25, 0.3) is 0 Å². The minimum atomic E-state index is -0.702. The third-order valence-electron chi connectivity index (χ3n) is 4.36. The zero-order chi connectivity index (χ0) is 15.0. The predicted octanol–water partition coefficient (Wildman–Crippen LogP) is 2.96. The summed E-state index contributed by atoms with van der Waals surface area (Å²) in [4.78, 5) is 20.4. The van der Waals surface area contributed by atoms with Crippen molar-refractivity contribution in [1.29, 1.82) is 0 Å². The number of thioether (sulfide) groups is 2. The summed E-state index contributed by atoms with van der Waals surface area (Å²) in [5.41, 5.74) is 2.08. The van der Waals surface area contributed by atoms with E-state index < -0.39 is 5.97 Å². The second-order valence-electron chi connectivity index (χ2n) is 5.85. The Hall–Kier alpha value is -0.750. The Morgan fingerprint density at radius 1 is 1.38 bits per heavy atom. The highest BCUT2D eigenvalue weighted by atomic mass is 32.2. The Kier molecular flexibility index (Phi) is 4.45. The molecule has 0 bridgehead atoms. The fraction of sp³-hybridized carbons (Fsp3) is 0.667. The van der Waals surface area contributed by atoms with Gasteiger partial charge in [-0.1, -0.05) is 13.8 Å². The molecule has 1 fully saturated rings. The van der Waals surface area contributed by atoms with Crippen molar-refractivity contribution in [2.45, 2.75) is 48.9 Å². The van der Waals surface area contributed by atoms with E-state index in [9.17, 15) is 4.79 Å². The maximum Gasteiger partial charge on any atom is 0.306 e. The molecule has 0 spiro atoms. The summed E-state index contributed by atoms with van der Waals surface area (Å²) in [7, 11) is 0. The normalized spacial score (nSPS) is 32.5. The third-order valence-corrected chi connectivity index (χ3v) is 7.74. The van der Waals surface area contributed by atoms with Crippen LogP contribution in [0.3, 0.4) is 0 Å². The molecule has 0 radical (unpaired) electrons. The maximum atomic E-state index is 11.1. The molecule has 1 N–H and O–H groups in total. The fourth-order valence-corrected chi connectivity index (χ4v) is 5.66. The Labute approximate surface area is 133 Å². The smallest absolute Gasteiger partial charge is 0.306 e. The van der Waals surface area contributed by atoms with Crippen LogP contribution in [0.15, 0.2) is 6.20 Å². The minimum Gasteiger partial charge on any atom is -0.481 e. The lowest BCUT2D eigenvalue weighted by Gasteiger charge is -2.31. The number of carbonyl (C=O) groups is 1. The van der Waals surface area contributed by atoms with Crippen LogP contribution >= 0.6 is 23.5 Å². The van der Waals surface area contributed by atoms with E-state index in [-0.39, 0.29) is 5.92 Å². The molecule has 1 aliphatic heterocycles. The van der Waals surface area contributed by atoms with Gasteiger partial charge in [-0.05, 0) is 24.8 Å². The average molecular weight is 324 g/mol. The number of hydrogen-bond donors (Lipinski definition) is 1. The van der Waals surface area contributed by atoms with Crippen LogP contribution in [0.2, 0.25) is 0 Å². The molecule has 4 atom stereocenters. The third kappa shape index (κ3) is 3.21. The van der Waals surface area contributed by atoms with Crippen LogP contribution in [0.5, 0.6) is 0 Å². The summed E-state index contributed by atoms with van der Waals surface area (Å²) in [6, 6.07) is 0. The first-order valence-corrected chi connectivity index (χ1v) is 9.38. The molecule has 4 unspecified atom stereocenters. The van der Waals surface area contributed by atoms with Gasteiger partial charge in [0.25, 0.3) is 0 Å². The van der Waals surface area contributed by atoms with E-state index in [1.807, 2.05) is 29.7 Å². The molecular weight excluding hydrogens is 304 g/mol. The predicted molar refractivity (Wildman–Crippen MR) is 86.9 cm³/mol. The molecule has 1 aromatic heterocycles. The number of aromatic nitrogens is 2. The SMILES string of the molecule is CC1SCC(c2ncc3c(n2)CCC(C(=O)O)C3)SC1C. The first-order valence-electron chi connectivity index (χ1n) is 7.39. The molecule has 0 amide bonds. The second-order valence-corrected chi connectivity index (χ2v) is 8.84. The lowest BCUT2D eigenvalue weighted by molar-refractivity contribution is -0.142. The van der Waals surface area contributed by atoms with E-state index in [0.29, 0.717) is 28.6 Å². The molecule has 21 heavy (non-hydrogen) atoms. The summed E-state index contributed by atoms with van der Waals surface area (Å²) in [5.74, 6) is 1.02. The number of carboxylic acids is 1. The molecule has 3 rings (SSSR count).